The fourth-order valence-electron chi connectivity index (χ4n) is 5.63. The molecule has 0 atom stereocenters. The number of benzene rings is 7. The molecule has 7 aromatic carbocycles. The van der Waals surface area contributed by atoms with Crippen molar-refractivity contribution in [2.24, 2.45) is 0 Å². The third kappa shape index (κ3) is 3.84. The Labute approximate surface area is 252 Å². The molecule has 41 heavy (non-hydrogen) atoms. The number of hydrogen-bond acceptors (Lipinski definition) is 1. The molecule has 2 nitrogen and oxygen atoms in total. The molecule has 1 aromatic heterocycles. The molecule has 192 valence electrons. The van der Waals surface area contributed by atoms with E-state index in [1.165, 1.54) is 0 Å². The van der Waals surface area contributed by atoms with E-state index in [0.717, 1.165) is 11.1 Å². The first kappa shape index (κ1) is 15.4. The van der Waals surface area contributed by atoms with Gasteiger partial charge in [-0.3, -0.25) is 4.57 Å². The second kappa shape index (κ2) is 9.62. The SMILES string of the molecule is [2H]c1c([2H])c([2H])c(-c2c3ccccc3c(-n3c(-c4c([2H])c([2H])c([2H])c([2H])c4[2H])nc4ccccc43)c3ccc(-c4ccccc4)cc23)c([2H])c1[2H]. The van der Waals surface area contributed by atoms with Crippen LogP contribution in [0.15, 0.2) is 157 Å². The average Bonchev–Trinajstić information content (AvgIpc) is 3.53. The Balaban J connectivity index is 1.62. The van der Waals surface area contributed by atoms with Crippen molar-refractivity contribution in [3.05, 3.63) is 157 Å². The van der Waals surface area contributed by atoms with Crippen molar-refractivity contribution in [1.82, 2.24) is 9.55 Å². The molecule has 0 aliphatic rings. The van der Waals surface area contributed by atoms with Crippen LogP contribution in [0.5, 0.6) is 0 Å². The lowest BCUT2D eigenvalue weighted by Gasteiger charge is -2.20. The first-order chi connectivity index (χ1) is 24.5. The Kier molecular flexibility index (Phi) is 3.60. The van der Waals surface area contributed by atoms with Crippen molar-refractivity contribution in [2.45, 2.75) is 0 Å². The van der Waals surface area contributed by atoms with Gasteiger partial charge in [-0.2, -0.15) is 0 Å². The van der Waals surface area contributed by atoms with Gasteiger partial charge in [-0.1, -0.05) is 139 Å². The molecular weight excluding hydrogens is 496 g/mol. The largest absolute Gasteiger partial charge is 0.291 e. The highest BCUT2D eigenvalue weighted by Crippen LogP contribution is 2.44. The number of nitrogens with zero attached hydrogens (tertiary/aromatic N) is 2. The topological polar surface area (TPSA) is 17.8 Å². The maximum atomic E-state index is 9.01. The third-order valence-electron chi connectivity index (χ3n) is 7.36. The van der Waals surface area contributed by atoms with Gasteiger partial charge < -0.3 is 0 Å². The van der Waals surface area contributed by atoms with Crippen molar-refractivity contribution < 1.29 is 13.7 Å². The highest BCUT2D eigenvalue weighted by atomic mass is 15.1. The first-order valence-corrected chi connectivity index (χ1v) is 13.2. The molecule has 0 saturated carbocycles. The summed E-state index contributed by atoms with van der Waals surface area (Å²) in [5, 5.41) is 2.45. The van der Waals surface area contributed by atoms with Gasteiger partial charge in [0.05, 0.1) is 30.4 Å². The van der Waals surface area contributed by atoms with Crippen LogP contribution >= 0.6 is 0 Å². The number of para-hydroxylation sites is 2. The Morgan fingerprint density at radius 3 is 1.90 bits per heavy atom. The van der Waals surface area contributed by atoms with Gasteiger partial charge in [0.25, 0.3) is 0 Å². The zero-order chi connectivity index (χ0) is 35.9. The van der Waals surface area contributed by atoms with Gasteiger partial charge in [0.1, 0.15) is 5.82 Å². The molecule has 0 bridgehead atoms. The van der Waals surface area contributed by atoms with Crippen LogP contribution in [0, 0.1) is 0 Å². The van der Waals surface area contributed by atoms with Crippen LogP contribution in [-0.4, -0.2) is 9.55 Å². The van der Waals surface area contributed by atoms with Crippen molar-refractivity contribution in [2.75, 3.05) is 0 Å². The summed E-state index contributed by atoms with van der Waals surface area (Å²) < 4.78 is 88.1. The smallest absolute Gasteiger partial charge is 0.145 e. The van der Waals surface area contributed by atoms with E-state index >= 15 is 0 Å². The summed E-state index contributed by atoms with van der Waals surface area (Å²) in [5.74, 6) is 0.141. The lowest BCUT2D eigenvalue weighted by atomic mass is 9.88. The molecule has 0 spiro atoms. The minimum atomic E-state index is -0.510. The number of imidazole rings is 1. The van der Waals surface area contributed by atoms with E-state index in [1.807, 2.05) is 95.6 Å². The lowest BCUT2D eigenvalue weighted by Crippen LogP contribution is -2.01. The van der Waals surface area contributed by atoms with Crippen LogP contribution in [0.1, 0.15) is 13.7 Å². The van der Waals surface area contributed by atoms with Gasteiger partial charge in [-0.05, 0) is 51.2 Å². The van der Waals surface area contributed by atoms with Gasteiger partial charge in [0.15, 0.2) is 0 Å². The summed E-state index contributed by atoms with van der Waals surface area (Å²) in [6, 6.07) is 25.8. The fourth-order valence-corrected chi connectivity index (χ4v) is 5.63. The minimum absolute atomic E-state index is 0.0558. The molecule has 0 amide bonds. The Morgan fingerprint density at radius 1 is 0.488 bits per heavy atom. The highest BCUT2D eigenvalue weighted by Gasteiger charge is 2.22. The molecule has 8 rings (SSSR count). The van der Waals surface area contributed by atoms with Crippen LogP contribution in [-0.2, 0) is 0 Å². The Hall–Kier alpha value is -5.47. The van der Waals surface area contributed by atoms with E-state index in [4.69, 9.17) is 18.7 Å². The summed E-state index contributed by atoms with van der Waals surface area (Å²) >= 11 is 0. The van der Waals surface area contributed by atoms with Crippen LogP contribution in [0.3, 0.4) is 0 Å². The molecule has 0 N–H and O–H groups in total. The second-order valence-electron chi connectivity index (χ2n) is 9.66. The van der Waals surface area contributed by atoms with Gasteiger partial charge in [0, 0.05) is 16.3 Å². The number of aromatic nitrogens is 2. The Morgan fingerprint density at radius 2 is 1.12 bits per heavy atom. The molecule has 0 aliphatic carbocycles. The predicted molar refractivity (Wildman–Crippen MR) is 172 cm³/mol. The summed E-state index contributed by atoms with van der Waals surface area (Å²) in [5.41, 5.74) is 3.93. The second-order valence-corrected chi connectivity index (χ2v) is 9.66. The van der Waals surface area contributed by atoms with E-state index in [-0.39, 0.29) is 29.0 Å². The monoisotopic (exact) mass is 532 g/mol. The molecule has 0 unspecified atom stereocenters. The third-order valence-corrected chi connectivity index (χ3v) is 7.36. The average molecular weight is 533 g/mol. The maximum Gasteiger partial charge on any atom is 0.145 e. The van der Waals surface area contributed by atoms with Crippen LogP contribution < -0.4 is 0 Å². The van der Waals surface area contributed by atoms with Crippen LogP contribution in [0.4, 0.5) is 0 Å². The molecule has 0 radical (unpaired) electrons. The summed E-state index contributed by atoms with van der Waals surface area (Å²) in [6.07, 6.45) is 0. The normalized spacial score (nSPS) is 14.8. The van der Waals surface area contributed by atoms with E-state index in [9.17, 15) is 0 Å². The van der Waals surface area contributed by atoms with E-state index < -0.39 is 48.3 Å². The quantitative estimate of drug-likeness (QED) is 0.206. The molecule has 2 heteroatoms. The van der Waals surface area contributed by atoms with Gasteiger partial charge in [0.2, 0.25) is 0 Å². The molecule has 8 aromatic rings. The van der Waals surface area contributed by atoms with Crippen molar-refractivity contribution in [3.63, 3.8) is 0 Å². The predicted octanol–water partition coefficient (Wildman–Crippen LogP) is 10.3. The summed E-state index contributed by atoms with van der Waals surface area (Å²) in [6.45, 7) is 0. The highest BCUT2D eigenvalue weighted by molar-refractivity contribution is 6.19. The zero-order valence-corrected chi connectivity index (χ0v) is 21.6. The van der Waals surface area contributed by atoms with Crippen molar-refractivity contribution >= 4 is 32.6 Å². The van der Waals surface area contributed by atoms with E-state index in [0.29, 0.717) is 43.8 Å². The van der Waals surface area contributed by atoms with Gasteiger partial charge >= 0.3 is 0 Å². The number of rotatable bonds is 4. The van der Waals surface area contributed by atoms with Crippen molar-refractivity contribution in [1.29, 1.82) is 0 Å². The van der Waals surface area contributed by atoms with Crippen molar-refractivity contribution in [3.8, 4) is 39.3 Å². The van der Waals surface area contributed by atoms with E-state index in [2.05, 4.69) is 0 Å². The number of hydrogen-bond donors (Lipinski definition) is 0. The molecule has 1 heterocycles. The van der Waals surface area contributed by atoms with Crippen LogP contribution in [0.2, 0.25) is 0 Å². The molecule has 0 fully saturated rings. The Bertz CT molecular complexity index is 2700. The molecule has 0 saturated heterocycles. The maximum absolute atomic E-state index is 9.01. The molecular formula is C39H26N2. The van der Waals surface area contributed by atoms with Crippen LogP contribution in [0.25, 0.3) is 71.9 Å². The lowest BCUT2D eigenvalue weighted by molar-refractivity contribution is 1.13. The molecule has 0 aliphatic heterocycles. The standard InChI is InChI=1S/C39H26N2/c1-4-14-27(15-5-1)30-24-25-33-34(26-30)37(28-16-6-2-7-17-28)31-20-10-11-21-32(31)38(33)41-36-23-13-12-22-35(36)40-39(41)29-18-8-3-9-19-29/h1-26H/i2D,3D,6D,7D,8D,9D,16D,17D,18D,19D. The minimum Gasteiger partial charge on any atom is -0.291 e. The summed E-state index contributed by atoms with van der Waals surface area (Å²) in [4.78, 5) is 4.88. The van der Waals surface area contributed by atoms with E-state index in [1.54, 1.807) is 6.07 Å². The zero-order valence-electron chi connectivity index (χ0n) is 31.6. The fraction of sp³-hybridized carbons (Fsp3) is 0. The first-order valence-electron chi connectivity index (χ1n) is 18.2. The van der Waals surface area contributed by atoms with Gasteiger partial charge in [-0.25, -0.2) is 4.98 Å². The van der Waals surface area contributed by atoms with Gasteiger partial charge in [-0.15, -0.1) is 0 Å². The number of fused-ring (bicyclic) bond motifs is 3. The summed E-state index contributed by atoms with van der Waals surface area (Å²) in [7, 11) is 0.